The maximum atomic E-state index is 14.8. The van der Waals surface area contributed by atoms with Gasteiger partial charge in [0.1, 0.15) is 28.7 Å². The quantitative estimate of drug-likeness (QED) is 0.354. The Morgan fingerprint density at radius 1 is 1.00 bits per heavy atom. The van der Waals surface area contributed by atoms with Crippen molar-refractivity contribution in [3.63, 3.8) is 0 Å². The minimum atomic E-state index is -3.91. The first-order chi connectivity index (χ1) is 18.7. The van der Waals surface area contributed by atoms with E-state index in [-0.39, 0.29) is 5.56 Å². The van der Waals surface area contributed by atoms with Gasteiger partial charge in [0.05, 0.1) is 31.1 Å². The molecule has 2 aromatic carbocycles. The van der Waals surface area contributed by atoms with Crippen molar-refractivity contribution in [2.45, 2.75) is 17.6 Å². The Hall–Kier alpha value is -3.38. The van der Waals surface area contributed by atoms with Crippen molar-refractivity contribution in [3.05, 3.63) is 78.1 Å². The Kier molecular flexibility index (Phi) is 6.62. The lowest BCUT2D eigenvalue weighted by atomic mass is 9.94. The maximum Gasteiger partial charge on any atom is 0.219 e. The van der Waals surface area contributed by atoms with Crippen molar-refractivity contribution < 1.29 is 26.7 Å². The van der Waals surface area contributed by atoms with Gasteiger partial charge >= 0.3 is 0 Å². The fourth-order valence-electron chi connectivity index (χ4n) is 5.17. The Balaban J connectivity index is 1.35. The van der Waals surface area contributed by atoms with Crippen LogP contribution in [0.2, 0.25) is 0 Å². The minimum Gasteiger partial charge on any atom is -0.491 e. The van der Waals surface area contributed by atoms with Crippen molar-refractivity contribution >= 4 is 15.5 Å². The molecular weight excluding hydrogens is 526 g/mol. The monoisotopic (exact) mass is 554 g/mol. The van der Waals surface area contributed by atoms with Crippen LogP contribution in [-0.4, -0.2) is 62.4 Å². The van der Waals surface area contributed by atoms with E-state index in [9.17, 15) is 17.2 Å². The van der Waals surface area contributed by atoms with E-state index in [0.29, 0.717) is 41.9 Å². The number of rotatable bonds is 8. The van der Waals surface area contributed by atoms with Gasteiger partial charge in [0.15, 0.2) is 0 Å². The predicted octanol–water partition coefficient (Wildman–Crippen LogP) is 3.94. The number of sulfonamides is 1. The molecule has 39 heavy (non-hydrogen) atoms. The standard InChI is InChI=1S/C28H28F2N4O4S/c29-22-1-3-24(26(30)16-22)19-13-20(15-21(14-19)28(5-6-28)39(31,35)36)25-17-32-34-18-23(2-4-27(25)34)38-12-9-33-7-10-37-11-8-33/h1-4,13-18H,5-12H2,(H2,31,35,36). The van der Waals surface area contributed by atoms with Gasteiger partial charge in [-0.3, -0.25) is 4.90 Å². The number of benzene rings is 2. The fourth-order valence-corrected chi connectivity index (χ4v) is 6.28. The second kappa shape index (κ2) is 9.98. The average molecular weight is 555 g/mol. The predicted molar refractivity (Wildman–Crippen MR) is 143 cm³/mol. The highest BCUT2D eigenvalue weighted by Gasteiger charge is 2.54. The molecule has 4 aromatic rings. The van der Waals surface area contributed by atoms with E-state index in [1.807, 2.05) is 12.1 Å². The maximum absolute atomic E-state index is 14.8. The van der Waals surface area contributed by atoms with Gasteiger partial charge in [-0.1, -0.05) is 0 Å². The normalized spacial score (nSPS) is 17.4. The van der Waals surface area contributed by atoms with E-state index >= 15 is 0 Å². The first kappa shape index (κ1) is 25.9. The number of pyridine rings is 1. The summed E-state index contributed by atoms with van der Waals surface area (Å²) in [5, 5.41) is 10.1. The lowest BCUT2D eigenvalue weighted by molar-refractivity contribution is 0.0322. The Morgan fingerprint density at radius 3 is 2.44 bits per heavy atom. The van der Waals surface area contributed by atoms with Gasteiger partial charge in [0.2, 0.25) is 10.0 Å². The Bertz CT molecular complexity index is 1650. The van der Waals surface area contributed by atoms with Crippen LogP contribution in [0.5, 0.6) is 5.75 Å². The summed E-state index contributed by atoms with van der Waals surface area (Å²) in [6, 6.07) is 12.2. The summed E-state index contributed by atoms with van der Waals surface area (Å²) in [4.78, 5) is 2.29. The molecule has 0 radical (unpaired) electrons. The molecule has 3 heterocycles. The second-order valence-corrected chi connectivity index (χ2v) is 11.9. The van der Waals surface area contributed by atoms with Gasteiger partial charge in [0.25, 0.3) is 0 Å². The molecule has 1 aliphatic carbocycles. The molecule has 11 heteroatoms. The van der Waals surface area contributed by atoms with Crippen LogP contribution in [0.25, 0.3) is 27.8 Å². The van der Waals surface area contributed by atoms with Crippen molar-refractivity contribution in [2.24, 2.45) is 5.14 Å². The van der Waals surface area contributed by atoms with Crippen LogP contribution in [0.15, 0.2) is 60.9 Å². The first-order valence-electron chi connectivity index (χ1n) is 12.8. The van der Waals surface area contributed by atoms with Gasteiger partial charge in [-0.25, -0.2) is 26.9 Å². The van der Waals surface area contributed by atoms with Crippen molar-refractivity contribution in [1.82, 2.24) is 14.5 Å². The van der Waals surface area contributed by atoms with Crippen LogP contribution in [0.4, 0.5) is 8.78 Å². The molecule has 0 amide bonds. The van der Waals surface area contributed by atoms with E-state index in [1.165, 1.54) is 12.1 Å². The average Bonchev–Trinajstić information content (AvgIpc) is 3.64. The van der Waals surface area contributed by atoms with Crippen LogP contribution >= 0.6 is 0 Å². The number of ether oxygens (including phenoxy) is 2. The third-order valence-electron chi connectivity index (χ3n) is 7.53. The minimum absolute atomic E-state index is 0.164. The number of hydrogen-bond donors (Lipinski definition) is 1. The van der Waals surface area contributed by atoms with Crippen LogP contribution < -0.4 is 9.88 Å². The molecule has 2 aromatic heterocycles. The highest BCUT2D eigenvalue weighted by molar-refractivity contribution is 7.90. The smallest absolute Gasteiger partial charge is 0.219 e. The molecule has 1 aliphatic heterocycles. The highest BCUT2D eigenvalue weighted by Crippen LogP contribution is 2.53. The lowest BCUT2D eigenvalue weighted by Gasteiger charge is -2.26. The number of nitrogens with zero attached hydrogens (tertiary/aromatic N) is 3. The highest BCUT2D eigenvalue weighted by atomic mass is 32.2. The number of nitrogens with two attached hydrogens (primary N) is 1. The summed E-state index contributed by atoms with van der Waals surface area (Å²) in [6.07, 6.45) is 4.21. The van der Waals surface area contributed by atoms with Crippen LogP contribution in [0.3, 0.4) is 0 Å². The first-order valence-corrected chi connectivity index (χ1v) is 14.3. The van der Waals surface area contributed by atoms with E-state index in [4.69, 9.17) is 14.6 Å². The topological polar surface area (TPSA) is 99.2 Å². The molecule has 204 valence electrons. The zero-order chi connectivity index (χ0) is 27.2. The number of fused-ring (bicyclic) bond motifs is 1. The third kappa shape index (κ3) is 5.03. The molecule has 8 nitrogen and oxygen atoms in total. The van der Waals surface area contributed by atoms with Gasteiger partial charge in [0, 0.05) is 36.8 Å². The third-order valence-corrected chi connectivity index (χ3v) is 9.26. The van der Waals surface area contributed by atoms with Crippen LogP contribution in [0.1, 0.15) is 18.4 Å². The molecule has 1 saturated carbocycles. The molecular formula is C28H28F2N4O4S. The Morgan fingerprint density at radius 2 is 1.74 bits per heavy atom. The zero-order valence-electron chi connectivity index (χ0n) is 21.1. The number of morpholine rings is 1. The molecule has 2 aliphatic rings. The van der Waals surface area contributed by atoms with Gasteiger partial charge in [-0.15, -0.1) is 0 Å². The van der Waals surface area contributed by atoms with Crippen LogP contribution in [0, 0.1) is 11.6 Å². The fraction of sp³-hybridized carbons (Fsp3) is 0.321. The number of hydrogen-bond acceptors (Lipinski definition) is 6. The molecule has 2 fully saturated rings. The molecule has 0 bridgehead atoms. The van der Waals surface area contributed by atoms with Gasteiger partial charge in [-0.2, -0.15) is 5.10 Å². The second-order valence-electron chi connectivity index (χ2n) is 10.0. The summed E-state index contributed by atoms with van der Waals surface area (Å²) in [6.45, 7) is 4.58. The van der Waals surface area contributed by atoms with E-state index in [1.54, 1.807) is 35.1 Å². The zero-order valence-corrected chi connectivity index (χ0v) is 22.0. The van der Waals surface area contributed by atoms with Gasteiger partial charge < -0.3 is 9.47 Å². The van der Waals surface area contributed by atoms with Crippen LogP contribution in [-0.2, 0) is 19.5 Å². The number of halogens is 2. The molecule has 2 N–H and O–H groups in total. The summed E-state index contributed by atoms with van der Waals surface area (Å²) in [5.74, 6) is -0.766. The molecule has 0 atom stereocenters. The lowest BCUT2D eigenvalue weighted by Crippen LogP contribution is -2.38. The van der Waals surface area contributed by atoms with Crippen molar-refractivity contribution in [2.75, 3.05) is 39.5 Å². The Labute approximate surface area is 225 Å². The SMILES string of the molecule is NS(=O)(=O)C1(c2cc(-c3ccc(F)cc3F)cc(-c3cnn4cc(OCCN5CCOCC5)ccc34)c2)CC1. The number of aromatic nitrogens is 2. The molecule has 1 saturated heterocycles. The summed E-state index contributed by atoms with van der Waals surface area (Å²) < 4.78 is 65.2. The van der Waals surface area contributed by atoms with Crippen molar-refractivity contribution in [3.8, 4) is 28.0 Å². The molecule has 0 spiro atoms. The summed E-state index contributed by atoms with van der Waals surface area (Å²) in [7, 11) is -3.91. The number of primary sulfonamides is 1. The van der Waals surface area contributed by atoms with E-state index in [2.05, 4.69) is 10.00 Å². The molecule has 0 unspecified atom stereocenters. The largest absolute Gasteiger partial charge is 0.491 e. The molecule has 6 rings (SSSR count). The van der Waals surface area contributed by atoms with Crippen molar-refractivity contribution in [1.29, 1.82) is 0 Å². The summed E-state index contributed by atoms with van der Waals surface area (Å²) >= 11 is 0. The summed E-state index contributed by atoms with van der Waals surface area (Å²) in [5.41, 5.74) is 3.21. The van der Waals surface area contributed by atoms with E-state index in [0.717, 1.165) is 50.0 Å². The van der Waals surface area contributed by atoms with Gasteiger partial charge in [-0.05, 0) is 72.0 Å². The van der Waals surface area contributed by atoms with E-state index < -0.39 is 26.4 Å².